The molecular formula is C15H23N3O. The lowest BCUT2D eigenvalue weighted by molar-refractivity contribution is 0.168. The summed E-state index contributed by atoms with van der Waals surface area (Å²) in [5.74, 6) is 0. The summed E-state index contributed by atoms with van der Waals surface area (Å²) in [5, 5.41) is 3.18. The number of carbonyl (C=O) groups is 1. The maximum atomic E-state index is 12.2. The van der Waals surface area contributed by atoms with Gasteiger partial charge in [0.1, 0.15) is 0 Å². The highest BCUT2D eigenvalue weighted by atomic mass is 16.2. The normalized spacial score (nSPS) is 21.8. The van der Waals surface area contributed by atoms with Crippen LogP contribution in [0.5, 0.6) is 0 Å². The average molecular weight is 261 g/mol. The molecule has 3 rings (SSSR count). The second-order valence-corrected chi connectivity index (χ2v) is 5.78. The minimum Gasteiger partial charge on any atom is -0.351 e. The number of carbonyl (C=O) groups excluding carboxylic acids is 1. The van der Waals surface area contributed by atoms with E-state index in [4.69, 9.17) is 0 Å². The first kappa shape index (κ1) is 12.6. The number of urea groups is 1. The van der Waals surface area contributed by atoms with Crippen molar-refractivity contribution in [1.29, 1.82) is 0 Å². The summed E-state index contributed by atoms with van der Waals surface area (Å²) >= 11 is 0. The van der Waals surface area contributed by atoms with Gasteiger partial charge in [-0.05, 0) is 37.8 Å². The van der Waals surface area contributed by atoms with E-state index in [0.717, 1.165) is 38.8 Å². The van der Waals surface area contributed by atoms with Crippen molar-refractivity contribution >= 4 is 6.03 Å². The Balaban J connectivity index is 1.48. The molecule has 2 fully saturated rings. The van der Waals surface area contributed by atoms with Crippen molar-refractivity contribution in [3.63, 3.8) is 0 Å². The van der Waals surface area contributed by atoms with Gasteiger partial charge >= 0.3 is 6.03 Å². The first-order valence-corrected chi connectivity index (χ1v) is 7.51. The summed E-state index contributed by atoms with van der Waals surface area (Å²) < 4.78 is 2.27. The van der Waals surface area contributed by atoms with Crippen LogP contribution in [0.2, 0.25) is 0 Å². The number of hydrogen-bond donors (Lipinski definition) is 1. The van der Waals surface area contributed by atoms with E-state index in [0.29, 0.717) is 12.1 Å². The van der Waals surface area contributed by atoms with Crippen molar-refractivity contribution in [2.75, 3.05) is 13.1 Å². The Morgan fingerprint density at radius 2 is 1.63 bits per heavy atom. The van der Waals surface area contributed by atoms with Crippen molar-refractivity contribution in [3.05, 3.63) is 24.5 Å². The Morgan fingerprint density at radius 1 is 1.00 bits per heavy atom. The molecule has 1 aromatic rings. The molecule has 0 radical (unpaired) electrons. The maximum Gasteiger partial charge on any atom is 0.317 e. The Bertz CT molecular complexity index is 401. The van der Waals surface area contributed by atoms with E-state index < -0.39 is 0 Å². The van der Waals surface area contributed by atoms with Gasteiger partial charge in [-0.25, -0.2) is 4.79 Å². The molecule has 4 heteroatoms. The van der Waals surface area contributed by atoms with E-state index in [2.05, 4.69) is 34.4 Å². The van der Waals surface area contributed by atoms with Gasteiger partial charge in [-0.15, -0.1) is 0 Å². The molecule has 0 aromatic carbocycles. The minimum absolute atomic E-state index is 0.151. The largest absolute Gasteiger partial charge is 0.351 e. The molecule has 2 amide bonds. The van der Waals surface area contributed by atoms with Gasteiger partial charge in [0.25, 0.3) is 0 Å². The number of hydrogen-bond acceptors (Lipinski definition) is 1. The lowest BCUT2D eigenvalue weighted by Gasteiger charge is -2.33. The third kappa shape index (κ3) is 2.94. The van der Waals surface area contributed by atoms with E-state index in [1.165, 1.54) is 12.8 Å². The molecule has 0 bridgehead atoms. The predicted octanol–water partition coefficient (Wildman–Crippen LogP) is 2.78. The number of piperidine rings is 1. The Morgan fingerprint density at radius 3 is 2.26 bits per heavy atom. The van der Waals surface area contributed by atoms with Gasteiger partial charge in [0.2, 0.25) is 0 Å². The first-order chi connectivity index (χ1) is 9.33. The zero-order chi connectivity index (χ0) is 13.1. The molecule has 1 aromatic heterocycles. The average Bonchev–Trinajstić information content (AvgIpc) is 3.12. The monoisotopic (exact) mass is 261 g/mol. The molecule has 1 aliphatic heterocycles. The number of aromatic nitrogens is 1. The smallest absolute Gasteiger partial charge is 0.317 e. The van der Waals surface area contributed by atoms with Crippen LogP contribution in [0.3, 0.4) is 0 Å². The van der Waals surface area contributed by atoms with Crippen molar-refractivity contribution in [1.82, 2.24) is 14.8 Å². The van der Waals surface area contributed by atoms with E-state index in [-0.39, 0.29) is 6.03 Å². The molecule has 4 nitrogen and oxygen atoms in total. The highest BCUT2D eigenvalue weighted by molar-refractivity contribution is 5.74. The zero-order valence-electron chi connectivity index (χ0n) is 11.4. The summed E-state index contributed by atoms with van der Waals surface area (Å²) in [5.41, 5.74) is 0. The standard InChI is InChI=1S/C15H23N3O/c19-15(16-13-5-1-2-6-13)18-11-7-14(8-12-18)17-9-3-4-10-17/h3-4,9-10,13-14H,1-2,5-8,11-12H2,(H,16,19). The van der Waals surface area contributed by atoms with Crippen LogP contribution in [0.25, 0.3) is 0 Å². The molecule has 104 valence electrons. The molecule has 0 spiro atoms. The van der Waals surface area contributed by atoms with Crippen LogP contribution in [0, 0.1) is 0 Å². The van der Waals surface area contributed by atoms with Crippen LogP contribution in [0.4, 0.5) is 4.79 Å². The molecule has 2 heterocycles. The van der Waals surface area contributed by atoms with Crippen molar-refractivity contribution in [2.45, 2.75) is 50.6 Å². The number of nitrogens with one attached hydrogen (secondary N) is 1. The van der Waals surface area contributed by atoms with Crippen molar-refractivity contribution in [3.8, 4) is 0 Å². The van der Waals surface area contributed by atoms with E-state index in [9.17, 15) is 4.79 Å². The highest BCUT2D eigenvalue weighted by Gasteiger charge is 2.25. The molecule has 1 saturated heterocycles. The maximum absolute atomic E-state index is 12.2. The molecular weight excluding hydrogens is 238 g/mol. The molecule has 1 saturated carbocycles. The Kier molecular flexibility index (Phi) is 3.76. The molecule has 1 aliphatic carbocycles. The number of nitrogens with zero attached hydrogens (tertiary/aromatic N) is 2. The summed E-state index contributed by atoms with van der Waals surface area (Å²) in [7, 11) is 0. The van der Waals surface area contributed by atoms with Crippen molar-refractivity contribution in [2.24, 2.45) is 0 Å². The summed E-state index contributed by atoms with van der Waals surface area (Å²) in [6, 6.07) is 5.27. The van der Waals surface area contributed by atoms with E-state index >= 15 is 0 Å². The topological polar surface area (TPSA) is 37.3 Å². The molecule has 0 atom stereocenters. The number of rotatable bonds is 2. The number of likely N-dealkylation sites (tertiary alicyclic amines) is 1. The fraction of sp³-hybridized carbons (Fsp3) is 0.667. The van der Waals surface area contributed by atoms with Crippen LogP contribution < -0.4 is 5.32 Å². The van der Waals surface area contributed by atoms with Crippen LogP contribution in [0.15, 0.2) is 24.5 Å². The minimum atomic E-state index is 0.151. The summed E-state index contributed by atoms with van der Waals surface area (Å²) in [6.45, 7) is 1.75. The fourth-order valence-corrected chi connectivity index (χ4v) is 3.29. The SMILES string of the molecule is O=C(NC1CCCC1)N1CCC(n2cccc2)CC1. The fourth-order valence-electron chi connectivity index (χ4n) is 3.29. The van der Waals surface area contributed by atoms with Gasteiger partial charge < -0.3 is 14.8 Å². The van der Waals surface area contributed by atoms with Crippen LogP contribution in [-0.2, 0) is 0 Å². The Labute approximate surface area is 114 Å². The third-order valence-electron chi connectivity index (χ3n) is 4.48. The summed E-state index contributed by atoms with van der Waals surface area (Å²) in [4.78, 5) is 14.1. The lowest BCUT2D eigenvalue weighted by atomic mass is 10.1. The quantitative estimate of drug-likeness (QED) is 0.873. The van der Waals surface area contributed by atoms with Crippen LogP contribution in [0.1, 0.15) is 44.6 Å². The number of amides is 2. The van der Waals surface area contributed by atoms with E-state index in [1.54, 1.807) is 0 Å². The lowest BCUT2D eigenvalue weighted by Crippen LogP contribution is -2.47. The predicted molar refractivity (Wildman–Crippen MR) is 75.1 cm³/mol. The van der Waals surface area contributed by atoms with Crippen LogP contribution in [-0.4, -0.2) is 34.6 Å². The van der Waals surface area contributed by atoms with Gasteiger partial charge in [-0.3, -0.25) is 0 Å². The molecule has 2 aliphatic rings. The highest BCUT2D eigenvalue weighted by Crippen LogP contribution is 2.23. The van der Waals surface area contributed by atoms with Gasteiger partial charge in [0.05, 0.1) is 0 Å². The third-order valence-corrected chi connectivity index (χ3v) is 4.48. The molecule has 19 heavy (non-hydrogen) atoms. The van der Waals surface area contributed by atoms with Gasteiger partial charge in [-0.1, -0.05) is 12.8 Å². The van der Waals surface area contributed by atoms with E-state index in [1.807, 2.05) is 4.90 Å². The Hall–Kier alpha value is -1.45. The first-order valence-electron chi connectivity index (χ1n) is 7.51. The van der Waals surface area contributed by atoms with Gasteiger partial charge in [-0.2, -0.15) is 0 Å². The summed E-state index contributed by atoms with van der Waals surface area (Å²) in [6.07, 6.45) is 11.2. The second-order valence-electron chi connectivity index (χ2n) is 5.78. The van der Waals surface area contributed by atoms with Crippen molar-refractivity contribution < 1.29 is 4.79 Å². The zero-order valence-corrected chi connectivity index (χ0v) is 11.4. The van der Waals surface area contributed by atoms with Gasteiger partial charge in [0, 0.05) is 37.6 Å². The second kappa shape index (κ2) is 5.68. The van der Waals surface area contributed by atoms with Gasteiger partial charge in [0.15, 0.2) is 0 Å². The molecule has 0 unspecified atom stereocenters. The van der Waals surface area contributed by atoms with Crippen LogP contribution >= 0.6 is 0 Å². The molecule has 1 N–H and O–H groups in total.